The first-order chi connectivity index (χ1) is 6.27. The molecule has 70 valence electrons. The van der Waals surface area contributed by atoms with Crippen LogP contribution in [0, 0.1) is 5.82 Å². The third-order valence-electron chi connectivity index (χ3n) is 2.48. The Bertz CT molecular complexity index is 308. The highest BCUT2D eigenvalue weighted by Gasteiger charge is 2.16. The van der Waals surface area contributed by atoms with Crippen molar-refractivity contribution in [2.45, 2.75) is 12.3 Å². The first-order valence-corrected chi connectivity index (χ1v) is 5.22. The minimum Gasteiger partial charge on any atom is -0.316 e. The Hall–Kier alpha value is -0.410. The quantitative estimate of drug-likeness (QED) is 0.800. The number of rotatable bonds is 1. The van der Waals surface area contributed by atoms with E-state index in [0.29, 0.717) is 10.4 Å². The molecular formula is C10H11BrFN. The van der Waals surface area contributed by atoms with Crippen LogP contribution in [0.25, 0.3) is 0 Å². The van der Waals surface area contributed by atoms with Gasteiger partial charge in [-0.05, 0) is 52.5 Å². The molecule has 1 aliphatic rings. The Morgan fingerprint density at radius 2 is 2.31 bits per heavy atom. The van der Waals surface area contributed by atoms with Gasteiger partial charge in [0.15, 0.2) is 0 Å². The van der Waals surface area contributed by atoms with Gasteiger partial charge < -0.3 is 5.32 Å². The average molecular weight is 244 g/mol. The molecule has 0 amide bonds. The summed E-state index contributed by atoms with van der Waals surface area (Å²) in [4.78, 5) is 0. The molecule has 0 radical (unpaired) electrons. The molecule has 0 aliphatic carbocycles. The van der Waals surface area contributed by atoms with E-state index in [-0.39, 0.29) is 5.82 Å². The van der Waals surface area contributed by atoms with Crippen molar-refractivity contribution in [3.63, 3.8) is 0 Å². The predicted octanol–water partition coefficient (Wildman–Crippen LogP) is 2.67. The highest BCUT2D eigenvalue weighted by atomic mass is 79.9. The second-order valence-corrected chi connectivity index (χ2v) is 4.22. The maximum atomic E-state index is 12.9. The molecule has 3 heteroatoms. The summed E-state index contributed by atoms with van der Waals surface area (Å²) in [5.41, 5.74) is 1.22. The molecule has 1 aliphatic heterocycles. The van der Waals surface area contributed by atoms with Crippen molar-refractivity contribution in [1.29, 1.82) is 0 Å². The molecule has 1 N–H and O–H groups in total. The van der Waals surface area contributed by atoms with Crippen LogP contribution in [0.1, 0.15) is 17.9 Å². The van der Waals surface area contributed by atoms with Crippen LogP contribution < -0.4 is 5.32 Å². The Morgan fingerprint density at radius 3 is 2.92 bits per heavy atom. The molecule has 1 atom stereocenters. The molecule has 0 spiro atoms. The van der Waals surface area contributed by atoms with Gasteiger partial charge in [0, 0.05) is 6.54 Å². The van der Waals surface area contributed by atoms with Crippen LogP contribution in [-0.4, -0.2) is 13.1 Å². The molecule has 1 aromatic carbocycles. The Kier molecular flexibility index (Phi) is 2.65. The summed E-state index contributed by atoms with van der Waals surface area (Å²) in [6.07, 6.45) is 1.15. The molecule has 1 unspecified atom stereocenters. The maximum absolute atomic E-state index is 12.9. The Morgan fingerprint density at radius 1 is 1.46 bits per heavy atom. The van der Waals surface area contributed by atoms with Crippen LogP contribution in [0.3, 0.4) is 0 Å². The summed E-state index contributed by atoms with van der Waals surface area (Å²) in [6, 6.07) is 5.28. The van der Waals surface area contributed by atoms with Gasteiger partial charge in [0.25, 0.3) is 0 Å². The van der Waals surface area contributed by atoms with Gasteiger partial charge in [0.2, 0.25) is 0 Å². The van der Waals surface area contributed by atoms with Crippen LogP contribution in [0.2, 0.25) is 0 Å². The fourth-order valence-electron chi connectivity index (χ4n) is 1.71. The lowest BCUT2D eigenvalue weighted by molar-refractivity contribution is 0.618. The molecule has 1 nitrogen and oxygen atoms in total. The van der Waals surface area contributed by atoms with Gasteiger partial charge in [-0.25, -0.2) is 4.39 Å². The minimum absolute atomic E-state index is 0.185. The van der Waals surface area contributed by atoms with Gasteiger partial charge >= 0.3 is 0 Å². The van der Waals surface area contributed by atoms with E-state index in [0.717, 1.165) is 19.5 Å². The van der Waals surface area contributed by atoms with E-state index in [4.69, 9.17) is 0 Å². The van der Waals surface area contributed by atoms with E-state index in [1.165, 1.54) is 11.6 Å². The second kappa shape index (κ2) is 3.76. The maximum Gasteiger partial charge on any atom is 0.137 e. The molecular weight excluding hydrogens is 233 g/mol. The van der Waals surface area contributed by atoms with Crippen molar-refractivity contribution in [3.05, 3.63) is 34.1 Å². The normalized spacial score (nSPS) is 22.2. The molecule has 1 fully saturated rings. The van der Waals surface area contributed by atoms with E-state index in [1.54, 1.807) is 0 Å². The number of benzene rings is 1. The minimum atomic E-state index is -0.185. The average Bonchev–Trinajstić information content (AvgIpc) is 2.62. The van der Waals surface area contributed by atoms with Crippen LogP contribution in [0.15, 0.2) is 22.7 Å². The summed E-state index contributed by atoms with van der Waals surface area (Å²) in [7, 11) is 0. The van der Waals surface area contributed by atoms with Crippen LogP contribution >= 0.6 is 15.9 Å². The van der Waals surface area contributed by atoms with Crippen LogP contribution in [-0.2, 0) is 0 Å². The van der Waals surface area contributed by atoms with Crippen molar-refractivity contribution < 1.29 is 4.39 Å². The van der Waals surface area contributed by atoms with Gasteiger partial charge in [0.05, 0.1) is 4.47 Å². The summed E-state index contributed by atoms with van der Waals surface area (Å²) in [5, 5.41) is 3.30. The number of hydrogen-bond acceptors (Lipinski definition) is 1. The zero-order valence-corrected chi connectivity index (χ0v) is 8.77. The second-order valence-electron chi connectivity index (χ2n) is 3.36. The number of hydrogen-bond donors (Lipinski definition) is 1. The molecule has 0 aromatic heterocycles. The Balaban J connectivity index is 2.25. The van der Waals surface area contributed by atoms with E-state index < -0.39 is 0 Å². The van der Waals surface area contributed by atoms with Crippen molar-refractivity contribution in [3.8, 4) is 0 Å². The first kappa shape index (κ1) is 9.16. The third-order valence-corrected chi connectivity index (χ3v) is 3.08. The third kappa shape index (κ3) is 1.92. The van der Waals surface area contributed by atoms with Crippen molar-refractivity contribution >= 4 is 15.9 Å². The molecule has 1 aromatic rings. The zero-order chi connectivity index (χ0) is 9.26. The highest BCUT2D eigenvalue weighted by molar-refractivity contribution is 9.10. The Labute approximate surface area is 85.5 Å². The molecule has 2 rings (SSSR count). The predicted molar refractivity (Wildman–Crippen MR) is 54.3 cm³/mol. The first-order valence-electron chi connectivity index (χ1n) is 4.43. The lowest BCUT2D eigenvalue weighted by Gasteiger charge is -2.08. The topological polar surface area (TPSA) is 12.0 Å². The van der Waals surface area contributed by atoms with E-state index >= 15 is 0 Å². The summed E-state index contributed by atoms with van der Waals surface area (Å²) in [6.45, 7) is 2.08. The van der Waals surface area contributed by atoms with Crippen molar-refractivity contribution in [2.75, 3.05) is 13.1 Å². The van der Waals surface area contributed by atoms with Gasteiger partial charge in [-0.3, -0.25) is 0 Å². The summed E-state index contributed by atoms with van der Waals surface area (Å²) >= 11 is 3.20. The molecule has 0 saturated carbocycles. The van der Waals surface area contributed by atoms with Gasteiger partial charge in [-0.1, -0.05) is 6.07 Å². The highest BCUT2D eigenvalue weighted by Crippen LogP contribution is 2.26. The molecule has 1 heterocycles. The van der Waals surface area contributed by atoms with Crippen LogP contribution in [0.4, 0.5) is 4.39 Å². The smallest absolute Gasteiger partial charge is 0.137 e. The molecule has 13 heavy (non-hydrogen) atoms. The number of halogens is 2. The van der Waals surface area contributed by atoms with E-state index in [1.807, 2.05) is 12.1 Å². The molecule has 1 saturated heterocycles. The van der Waals surface area contributed by atoms with Gasteiger partial charge in [0.1, 0.15) is 5.82 Å². The van der Waals surface area contributed by atoms with Crippen LogP contribution in [0.5, 0.6) is 0 Å². The van der Waals surface area contributed by atoms with Gasteiger partial charge in [-0.15, -0.1) is 0 Å². The van der Waals surface area contributed by atoms with Crippen molar-refractivity contribution in [1.82, 2.24) is 5.32 Å². The van der Waals surface area contributed by atoms with Gasteiger partial charge in [-0.2, -0.15) is 0 Å². The van der Waals surface area contributed by atoms with Crippen molar-refractivity contribution in [2.24, 2.45) is 0 Å². The monoisotopic (exact) mass is 243 g/mol. The summed E-state index contributed by atoms with van der Waals surface area (Å²) < 4.78 is 13.5. The SMILES string of the molecule is Fc1ccc(C2CCNC2)cc1Br. The lowest BCUT2D eigenvalue weighted by atomic mass is 9.99. The fourth-order valence-corrected chi connectivity index (χ4v) is 2.10. The standard InChI is InChI=1S/C10H11BrFN/c11-9-5-7(1-2-10(9)12)8-3-4-13-6-8/h1-2,5,8,13H,3-4,6H2. The largest absolute Gasteiger partial charge is 0.316 e. The zero-order valence-electron chi connectivity index (χ0n) is 7.19. The summed E-state index contributed by atoms with van der Waals surface area (Å²) in [5.74, 6) is 0.367. The fraction of sp³-hybridized carbons (Fsp3) is 0.400. The molecule has 0 bridgehead atoms. The van der Waals surface area contributed by atoms with E-state index in [9.17, 15) is 4.39 Å². The van der Waals surface area contributed by atoms with E-state index in [2.05, 4.69) is 21.2 Å². The lowest BCUT2D eigenvalue weighted by Crippen LogP contribution is -2.07. The number of nitrogens with one attached hydrogen (secondary N) is 1.